The third-order valence-electron chi connectivity index (χ3n) is 3.11. The summed E-state index contributed by atoms with van der Waals surface area (Å²) in [7, 11) is 0. The second kappa shape index (κ2) is 5.53. The van der Waals surface area contributed by atoms with E-state index in [-0.39, 0.29) is 0 Å². The number of benzene rings is 2. The Bertz CT molecular complexity index is 639. The Kier molecular flexibility index (Phi) is 3.81. The van der Waals surface area contributed by atoms with E-state index in [2.05, 4.69) is 19.1 Å². The zero-order chi connectivity index (χ0) is 13.8. The SMILES string of the molecule is C/C(=C\c1ccccc1-c1ccccc1C)C(=O)O. The second-order valence-corrected chi connectivity index (χ2v) is 4.53. The van der Waals surface area contributed by atoms with Crippen molar-refractivity contribution in [2.24, 2.45) is 0 Å². The van der Waals surface area contributed by atoms with Gasteiger partial charge in [0, 0.05) is 5.57 Å². The van der Waals surface area contributed by atoms with Crippen molar-refractivity contribution in [3.8, 4) is 11.1 Å². The Morgan fingerprint density at radius 2 is 1.58 bits per heavy atom. The van der Waals surface area contributed by atoms with Crippen LogP contribution >= 0.6 is 0 Å². The number of aliphatic carboxylic acids is 1. The summed E-state index contributed by atoms with van der Waals surface area (Å²) >= 11 is 0. The third-order valence-corrected chi connectivity index (χ3v) is 3.11. The molecule has 0 aliphatic carbocycles. The fourth-order valence-corrected chi connectivity index (χ4v) is 2.04. The summed E-state index contributed by atoms with van der Waals surface area (Å²) < 4.78 is 0. The highest BCUT2D eigenvalue weighted by molar-refractivity contribution is 5.93. The third kappa shape index (κ3) is 2.91. The monoisotopic (exact) mass is 252 g/mol. The first-order valence-electron chi connectivity index (χ1n) is 6.16. The molecule has 2 nitrogen and oxygen atoms in total. The first kappa shape index (κ1) is 13.1. The average Bonchev–Trinajstić information content (AvgIpc) is 2.40. The molecule has 0 bridgehead atoms. The van der Waals surface area contributed by atoms with E-state index >= 15 is 0 Å². The number of aryl methyl sites for hydroxylation is 1. The fourth-order valence-electron chi connectivity index (χ4n) is 2.04. The average molecular weight is 252 g/mol. The molecule has 0 aliphatic heterocycles. The molecular formula is C17H16O2. The molecule has 0 saturated heterocycles. The summed E-state index contributed by atoms with van der Waals surface area (Å²) in [6.45, 7) is 3.66. The van der Waals surface area contributed by atoms with Gasteiger partial charge in [0.1, 0.15) is 0 Å². The zero-order valence-corrected chi connectivity index (χ0v) is 11.1. The maximum Gasteiger partial charge on any atom is 0.331 e. The molecule has 96 valence electrons. The smallest absolute Gasteiger partial charge is 0.331 e. The summed E-state index contributed by atoms with van der Waals surface area (Å²) in [4.78, 5) is 11.0. The number of hydrogen-bond donors (Lipinski definition) is 1. The zero-order valence-electron chi connectivity index (χ0n) is 11.1. The topological polar surface area (TPSA) is 37.3 Å². The summed E-state index contributed by atoms with van der Waals surface area (Å²) in [6.07, 6.45) is 1.71. The molecule has 0 aromatic heterocycles. The molecule has 0 unspecified atom stereocenters. The van der Waals surface area contributed by atoms with Gasteiger partial charge in [-0.05, 0) is 42.2 Å². The Morgan fingerprint density at radius 1 is 1.00 bits per heavy atom. The van der Waals surface area contributed by atoms with Gasteiger partial charge in [-0.25, -0.2) is 4.79 Å². The Hall–Kier alpha value is -2.35. The van der Waals surface area contributed by atoms with Crippen molar-refractivity contribution in [2.75, 3.05) is 0 Å². The largest absolute Gasteiger partial charge is 0.478 e. The molecular weight excluding hydrogens is 236 g/mol. The van der Waals surface area contributed by atoms with Crippen LogP contribution in [0, 0.1) is 6.92 Å². The van der Waals surface area contributed by atoms with Crippen LogP contribution in [0.4, 0.5) is 0 Å². The van der Waals surface area contributed by atoms with Crippen LogP contribution in [0.15, 0.2) is 54.1 Å². The van der Waals surface area contributed by atoms with Crippen LogP contribution in [0.1, 0.15) is 18.1 Å². The van der Waals surface area contributed by atoms with E-state index < -0.39 is 5.97 Å². The van der Waals surface area contributed by atoms with Crippen LogP contribution in [-0.4, -0.2) is 11.1 Å². The maximum absolute atomic E-state index is 11.0. The quantitative estimate of drug-likeness (QED) is 0.833. The lowest BCUT2D eigenvalue weighted by atomic mass is 9.95. The van der Waals surface area contributed by atoms with E-state index in [1.165, 1.54) is 5.56 Å². The van der Waals surface area contributed by atoms with Gasteiger partial charge in [0.25, 0.3) is 0 Å². The van der Waals surface area contributed by atoms with Gasteiger partial charge in [0.15, 0.2) is 0 Å². The summed E-state index contributed by atoms with van der Waals surface area (Å²) in [5.74, 6) is -0.889. The van der Waals surface area contributed by atoms with E-state index in [1.807, 2.05) is 36.4 Å². The highest BCUT2D eigenvalue weighted by Crippen LogP contribution is 2.28. The van der Waals surface area contributed by atoms with E-state index in [1.54, 1.807) is 13.0 Å². The number of carbonyl (C=O) groups is 1. The normalized spacial score (nSPS) is 11.4. The molecule has 2 aromatic rings. The van der Waals surface area contributed by atoms with Gasteiger partial charge in [-0.3, -0.25) is 0 Å². The predicted molar refractivity (Wildman–Crippen MR) is 77.9 cm³/mol. The molecule has 1 N–H and O–H groups in total. The molecule has 19 heavy (non-hydrogen) atoms. The molecule has 0 heterocycles. The van der Waals surface area contributed by atoms with Crippen LogP contribution in [0.25, 0.3) is 17.2 Å². The molecule has 0 radical (unpaired) electrons. The standard InChI is InChI=1S/C17H16O2/c1-12-7-3-5-9-15(12)16-10-6-4-8-14(16)11-13(2)17(18)19/h3-11H,1-2H3,(H,18,19)/b13-11+. The summed E-state index contributed by atoms with van der Waals surface area (Å²) in [5.41, 5.74) is 4.63. The predicted octanol–water partition coefficient (Wildman–Crippen LogP) is 4.15. The molecule has 0 atom stereocenters. The summed E-state index contributed by atoms with van der Waals surface area (Å²) in [6, 6.07) is 15.9. The lowest BCUT2D eigenvalue weighted by Crippen LogP contribution is -1.96. The van der Waals surface area contributed by atoms with Crippen molar-refractivity contribution in [1.29, 1.82) is 0 Å². The van der Waals surface area contributed by atoms with E-state index in [0.29, 0.717) is 5.57 Å². The highest BCUT2D eigenvalue weighted by Gasteiger charge is 2.07. The van der Waals surface area contributed by atoms with Gasteiger partial charge < -0.3 is 5.11 Å². The van der Waals surface area contributed by atoms with E-state index in [0.717, 1.165) is 16.7 Å². The van der Waals surface area contributed by atoms with Crippen molar-refractivity contribution in [3.05, 3.63) is 65.2 Å². The Labute approximate surface area is 113 Å². The van der Waals surface area contributed by atoms with Crippen LogP contribution < -0.4 is 0 Å². The lowest BCUT2D eigenvalue weighted by Gasteiger charge is -2.09. The van der Waals surface area contributed by atoms with Crippen LogP contribution in [0.2, 0.25) is 0 Å². The molecule has 2 aromatic carbocycles. The van der Waals surface area contributed by atoms with Crippen molar-refractivity contribution < 1.29 is 9.90 Å². The van der Waals surface area contributed by atoms with Crippen molar-refractivity contribution >= 4 is 12.0 Å². The van der Waals surface area contributed by atoms with Gasteiger partial charge in [-0.2, -0.15) is 0 Å². The molecule has 2 heteroatoms. The Morgan fingerprint density at radius 3 is 2.21 bits per heavy atom. The van der Waals surface area contributed by atoms with Gasteiger partial charge in [-0.1, -0.05) is 48.5 Å². The molecule has 0 spiro atoms. The maximum atomic E-state index is 11.0. The minimum absolute atomic E-state index is 0.334. The van der Waals surface area contributed by atoms with Crippen molar-refractivity contribution in [3.63, 3.8) is 0 Å². The molecule has 2 rings (SSSR count). The summed E-state index contributed by atoms with van der Waals surface area (Å²) in [5, 5.41) is 8.99. The van der Waals surface area contributed by atoms with Crippen molar-refractivity contribution in [2.45, 2.75) is 13.8 Å². The van der Waals surface area contributed by atoms with E-state index in [4.69, 9.17) is 5.11 Å². The highest BCUT2D eigenvalue weighted by atomic mass is 16.4. The van der Waals surface area contributed by atoms with Gasteiger partial charge in [-0.15, -0.1) is 0 Å². The number of rotatable bonds is 3. The molecule has 0 amide bonds. The van der Waals surface area contributed by atoms with Gasteiger partial charge in [0.05, 0.1) is 0 Å². The fraction of sp³-hybridized carbons (Fsp3) is 0.118. The van der Waals surface area contributed by atoms with E-state index in [9.17, 15) is 4.79 Å². The van der Waals surface area contributed by atoms with Gasteiger partial charge in [0.2, 0.25) is 0 Å². The second-order valence-electron chi connectivity index (χ2n) is 4.53. The number of carboxylic acid groups (broad SMARTS) is 1. The number of carboxylic acids is 1. The lowest BCUT2D eigenvalue weighted by molar-refractivity contribution is -0.132. The van der Waals surface area contributed by atoms with Crippen LogP contribution in [-0.2, 0) is 4.79 Å². The minimum atomic E-state index is -0.889. The molecule has 0 saturated carbocycles. The van der Waals surface area contributed by atoms with Crippen LogP contribution in [0.5, 0.6) is 0 Å². The minimum Gasteiger partial charge on any atom is -0.478 e. The molecule has 0 fully saturated rings. The Balaban J connectivity index is 2.57. The van der Waals surface area contributed by atoms with Crippen molar-refractivity contribution in [1.82, 2.24) is 0 Å². The molecule has 0 aliphatic rings. The first-order chi connectivity index (χ1) is 9.09. The van der Waals surface area contributed by atoms with Gasteiger partial charge >= 0.3 is 5.97 Å². The van der Waals surface area contributed by atoms with Crippen LogP contribution in [0.3, 0.4) is 0 Å². The number of hydrogen-bond acceptors (Lipinski definition) is 1. The first-order valence-corrected chi connectivity index (χ1v) is 6.16.